The van der Waals surface area contributed by atoms with Gasteiger partial charge in [-0.2, -0.15) is 0 Å². The van der Waals surface area contributed by atoms with Crippen molar-refractivity contribution in [1.82, 2.24) is 9.88 Å². The van der Waals surface area contributed by atoms with Crippen LogP contribution in [0.5, 0.6) is 0 Å². The number of halogens is 1. The van der Waals surface area contributed by atoms with Crippen LogP contribution < -0.4 is 10.2 Å². The summed E-state index contributed by atoms with van der Waals surface area (Å²) in [6.07, 6.45) is 2.25. The van der Waals surface area contributed by atoms with E-state index in [0.717, 1.165) is 18.9 Å². The summed E-state index contributed by atoms with van der Waals surface area (Å²) in [6, 6.07) is 10.5. The highest BCUT2D eigenvalue weighted by molar-refractivity contribution is 6.30. The van der Waals surface area contributed by atoms with Gasteiger partial charge in [0, 0.05) is 43.2 Å². The molecule has 1 N–H and O–H groups in total. The van der Waals surface area contributed by atoms with Crippen molar-refractivity contribution in [1.29, 1.82) is 0 Å². The van der Waals surface area contributed by atoms with Gasteiger partial charge < -0.3 is 15.1 Å². The maximum absolute atomic E-state index is 12.3. The lowest BCUT2D eigenvalue weighted by Gasteiger charge is -2.35. The van der Waals surface area contributed by atoms with Gasteiger partial charge in [0.1, 0.15) is 5.82 Å². The number of carbonyl (C=O) groups is 2. The van der Waals surface area contributed by atoms with E-state index in [9.17, 15) is 9.59 Å². The quantitative estimate of drug-likeness (QED) is 0.831. The second kappa shape index (κ2) is 9.06. The smallest absolute Gasteiger partial charge is 0.255 e. The van der Waals surface area contributed by atoms with E-state index >= 15 is 0 Å². The first-order valence-electron chi connectivity index (χ1n) is 9.48. The maximum atomic E-state index is 12.3. The highest BCUT2D eigenvalue weighted by atomic mass is 35.5. The lowest BCUT2D eigenvalue weighted by Crippen LogP contribution is -2.49. The van der Waals surface area contributed by atoms with Crippen LogP contribution >= 0.6 is 11.6 Å². The summed E-state index contributed by atoms with van der Waals surface area (Å²) >= 11 is 5.85. The molecule has 7 heteroatoms. The Balaban J connectivity index is 1.54. The molecule has 0 saturated carbocycles. The molecule has 1 aromatic carbocycles. The first-order valence-corrected chi connectivity index (χ1v) is 9.86. The fourth-order valence-electron chi connectivity index (χ4n) is 3.11. The van der Waals surface area contributed by atoms with Gasteiger partial charge in [-0.05, 0) is 42.3 Å². The number of nitrogens with zero attached hydrogens (tertiary/aromatic N) is 3. The molecule has 0 unspecified atom stereocenters. The number of hydrogen-bond donors (Lipinski definition) is 1. The predicted molar refractivity (Wildman–Crippen MR) is 112 cm³/mol. The number of pyridine rings is 1. The Labute approximate surface area is 170 Å². The number of benzene rings is 1. The minimum atomic E-state index is -0.205. The number of hydrogen-bond acceptors (Lipinski definition) is 4. The van der Waals surface area contributed by atoms with Gasteiger partial charge in [0.2, 0.25) is 5.91 Å². The average Bonchev–Trinajstić information content (AvgIpc) is 2.68. The fraction of sp³-hybridized carbons (Fsp3) is 0.381. The summed E-state index contributed by atoms with van der Waals surface area (Å²) in [5.74, 6) is 1.25. The SMILES string of the molecule is CC(C)CC(=O)N1CCN(c2ccc(NC(=O)c3ccc(Cl)cc3)cn2)CC1. The Morgan fingerprint density at radius 3 is 2.32 bits per heavy atom. The third kappa shape index (κ3) is 5.23. The monoisotopic (exact) mass is 400 g/mol. The molecule has 1 aliphatic heterocycles. The minimum absolute atomic E-state index is 0.205. The number of nitrogens with one attached hydrogen (secondary N) is 1. The molecular weight excluding hydrogens is 376 g/mol. The maximum Gasteiger partial charge on any atom is 0.255 e. The highest BCUT2D eigenvalue weighted by Gasteiger charge is 2.22. The largest absolute Gasteiger partial charge is 0.353 e. The Bertz CT molecular complexity index is 813. The molecule has 2 heterocycles. The van der Waals surface area contributed by atoms with Gasteiger partial charge >= 0.3 is 0 Å². The normalized spacial score (nSPS) is 14.3. The van der Waals surface area contributed by atoms with Gasteiger partial charge in [-0.3, -0.25) is 9.59 Å². The molecule has 1 aromatic heterocycles. The molecule has 1 aliphatic rings. The summed E-state index contributed by atoms with van der Waals surface area (Å²) in [5.41, 5.74) is 1.17. The second-order valence-corrected chi connectivity index (χ2v) is 7.77. The molecule has 28 heavy (non-hydrogen) atoms. The van der Waals surface area contributed by atoms with E-state index in [-0.39, 0.29) is 11.8 Å². The zero-order valence-corrected chi connectivity index (χ0v) is 16.9. The zero-order valence-electron chi connectivity index (χ0n) is 16.2. The van der Waals surface area contributed by atoms with Crippen LogP contribution in [0.4, 0.5) is 11.5 Å². The molecule has 0 atom stereocenters. The molecule has 6 nitrogen and oxygen atoms in total. The fourth-order valence-corrected chi connectivity index (χ4v) is 3.24. The van der Waals surface area contributed by atoms with Crippen molar-refractivity contribution in [2.45, 2.75) is 20.3 Å². The summed E-state index contributed by atoms with van der Waals surface area (Å²) in [4.78, 5) is 33.0. The van der Waals surface area contributed by atoms with E-state index in [2.05, 4.69) is 29.0 Å². The van der Waals surface area contributed by atoms with Crippen LogP contribution in [0, 0.1) is 5.92 Å². The van der Waals surface area contributed by atoms with Crippen LogP contribution in [0.3, 0.4) is 0 Å². The van der Waals surface area contributed by atoms with Gasteiger partial charge in [0.05, 0.1) is 11.9 Å². The van der Waals surface area contributed by atoms with Crippen molar-refractivity contribution in [3.63, 3.8) is 0 Å². The summed E-state index contributed by atoms with van der Waals surface area (Å²) in [7, 11) is 0. The third-order valence-corrected chi connectivity index (χ3v) is 4.90. The van der Waals surface area contributed by atoms with Crippen LogP contribution in [0.15, 0.2) is 42.6 Å². The molecule has 0 bridgehead atoms. The molecule has 0 spiro atoms. The van der Waals surface area contributed by atoms with Crippen molar-refractivity contribution in [2.24, 2.45) is 5.92 Å². The van der Waals surface area contributed by atoms with E-state index in [1.807, 2.05) is 17.0 Å². The van der Waals surface area contributed by atoms with Crippen molar-refractivity contribution in [2.75, 3.05) is 36.4 Å². The second-order valence-electron chi connectivity index (χ2n) is 7.33. The van der Waals surface area contributed by atoms with E-state index in [1.165, 1.54) is 0 Å². The van der Waals surface area contributed by atoms with Crippen LogP contribution in [0.25, 0.3) is 0 Å². The van der Waals surface area contributed by atoms with Gasteiger partial charge in [0.15, 0.2) is 0 Å². The number of piperazine rings is 1. The Kier molecular flexibility index (Phi) is 6.52. The van der Waals surface area contributed by atoms with Crippen molar-refractivity contribution in [3.8, 4) is 0 Å². The summed E-state index contributed by atoms with van der Waals surface area (Å²) in [5, 5.41) is 3.42. The number of amides is 2. The van der Waals surface area contributed by atoms with Crippen molar-refractivity contribution < 1.29 is 9.59 Å². The van der Waals surface area contributed by atoms with Crippen LogP contribution in [0.2, 0.25) is 5.02 Å². The first kappa shape index (κ1) is 20.1. The van der Waals surface area contributed by atoms with Crippen molar-refractivity contribution in [3.05, 3.63) is 53.2 Å². The molecule has 0 radical (unpaired) electrons. The van der Waals surface area contributed by atoms with E-state index in [4.69, 9.17) is 11.6 Å². The molecule has 1 saturated heterocycles. The van der Waals surface area contributed by atoms with E-state index in [1.54, 1.807) is 30.5 Å². The molecule has 2 amide bonds. The van der Waals surface area contributed by atoms with E-state index < -0.39 is 0 Å². The molecule has 0 aliphatic carbocycles. The molecule has 1 fully saturated rings. The average molecular weight is 401 g/mol. The van der Waals surface area contributed by atoms with Crippen molar-refractivity contribution >= 4 is 34.9 Å². The molecule has 148 valence electrons. The lowest BCUT2D eigenvalue weighted by atomic mass is 10.1. The van der Waals surface area contributed by atoms with E-state index in [0.29, 0.717) is 41.7 Å². The summed E-state index contributed by atoms with van der Waals surface area (Å²) < 4.78 is 0. The number of aromatic nitrogens is 1. The Morgan fingerprint density at radius 1 is 1.07 bits per heavy atom. The van der Waals surface area contributed by atoms with Crippen LogP contribution in [-0.2, 0) is 4.79 Å². The topological polar surface area (TPSA) is 65.5 Å². The molecular formula is C21H25ClN4O2. The lowest BCUT2D eigenvalue weighted by molar-refractivity contribution is -0.132. The Hall–Kier alpha value is -2.60. The first-order chi connectivity index (χ1) is 13.4. The predicted octanol–water partition coefficient (Wildman–Crippen LogP) is 3.68. The van der Waals surface area contributed by atoms with Crippen LogP contribution in [-0.4, -0.2) is 47.9 Å². The number of anilines is 2. The Morgan fingerprint density at radius 2 is 1.75 bits per heavy atom. The van der Waals surface area contributed by atoms with Gasteiger partial charge in [0.25, 0.3) is 5.91 Å². The number of rotatable bonds is 5. The summed E-state index contributed by atoms with van der Waals surface area (Å²) in [6.45, 7) is 7.06. The minimum Gasteiger partial charge on any atom is -0.353 e. The third-order valence-electron chi connectivity index (χ3n) is 4.65. The molecule has 2 aromatic rings. The zero-order chi connectivity index (χ0) is 20.1. The van der Waals surface area contributed by atoms with Gasteiger partial charge in [-0.1, -0.05) is 25.4 Å². The standard InChI is InChI=1S/C21H25ClN4O2/c1-15(2)13-20(27)26-11-9-25(10-12-26)19-8-7-18(14-23-19)24-21(28)16-3-5-17(22)6-4-16/h3-8,14-15H,9-13H2,1-2H3,(H,24,28). The number of carbonyl (C=O) groups excluding carboxylic acids is 2. The van der Waals surface area contributed by atoms with Gasteiger partial charge in [-0.15, -0.1) is 0 Å². The van der Waals surface area contributed by atoms with Gasteiger partial charge in [-0.25, -0.2) is 4.98 Å². The molecule has 3 rings (SSSR count). The van der Waals surface area contributed by atoms with Crippen LogP contribution in [0.1, 0.15) is 30.6 Å². The highest BCUT2D eigenvalue weighted by Crippen LogP contribution is 2.18.